The number of anilines is 5. The molecule has 3 fully saturated rings. The number of carbonyl (C=O) groups is 2. The lowest BCUT2D eigenvalue weighted by Gasteiger charge is -2.35. The van der Waals surface area contributed by atoms with Gasteiger partial charge in [0.2, 0.25) is 5.95 Å². The molecule has 2 amide bonds. The number of aromatic nitrogens is 2. The minimum atomic E-state index is -0.180. The maximum Gasteiger partial charge on any atom is 0.321 e. The summed E-state index contributed by atoms with van der Waals surface area (Å²) in [5, 5.41) is 6.68. The average Bonchev–Trinajstić information content (AvgIpc) is 3.54. The van der Waals surface area contributed by atoms with Gasteiger partial charge in [-0.2, -0.15) is 4.98 Å². The predicted molar refractivity (Wildman–Crippen MR) is 169 cm³/mol. The summed E-state index contributed by atoms with van der Waals surface area (Å²) >= 11 is 6.51. The van der Waals surface area contributed by atoms with E-state index in [0.717, 1.165) is 45.1 Å². The number of hydrogen-bond acceptors (Lipinski definition) is 9. The Hall–Kier alpha value is -3.93. The number of benzene rings is 2. The second-order valence-corrected chi connectivity index (χ2v) is 11.5. The average molecular weight is 605 g/mol. The highest BCUT2D eigenvalue weighted by Gasteiger charge is 2.29. The van der Waals surface area contributed by atoms with Crippen LogP contribution < -0.4 is 20.4 Å². The van der Waals surface area contributed by atoms with Gasteiger partial charge < -0.3 is 30.1 Å². The molecular weight excluding hydrogens is 568 g/mol. The highest BCUT2D eigenvalue weighted by molar-refractivity contribution is 6.32. The number of hydrogen-bond donors (Lipinski definition) is 2. The van der Waals surface area contributed by atoms with E-state index in [1.165, 1.54) is 19.0 Å². The monoisotopic (exact) mass is 604 g/mol. The van der Waals surface area contributed by atoms with Gasteiger partial charge in [0.1, 0.15) is 5.02 Å². The molecule has 2 aromatic carbocycles. The van der Waals surface area contributed by atoms with E-state index < -0.39 is 0 Å². The molecule has 12 heteroatoms. The van der Waals surface area contributed by atoms with Crippen molar-refractivity contribution in [3.05, 3.63) is 65.3 Å². The summed E-state index contributed by atoms with van der Waals surface area (Å²) in [5.74, 6) is 1.10. The third-order valence-electron chi connectivity index (χ3n) is 8.35. The van der Waals surface area contributed by atoms with Crippen LogP contribution in [0.2, 0.25) is 5.02 Å². The number of urea groups is 1. The van der Waals surface area contributed by atoms with Crippen molar-refractivity contribution in [2.75, 3.05) is 86.0 Å². The molecule has 2 N–H and O–H groups in total. The van der Waals surface area contributed by atoms with Gasteiger partial charge in [0, 0.05) is 81.0 Å². The molecule has 1 aromatic heterocycles. The van der Waals surface area contributed by atoms with Gasteiger partial charge in [0.05, 0.1) is 19.4 Å². The number of carbonyl (C=O) groups excluding carboxylic acids is 2. The van der Waals surface area contributed by atoms with Crippen molar-refractivity contribution < 1.29 is 14.3 Å². The number of ketones is 1. The first-order valence-corrected chi connectivity index (χ1v) is 15.2. The standard InChI is InChI=1S/C31H37ClN8O3/c1-22(41)23-2-4-25(5-3-23)35-31(42)39-14-12-38(13-15-39)29-28(32)20-33-30(36-29)34-24-6-8-26(9-7-24)40-11-10-27(21-40)37-16-18-43-19-17-37/h2-9,20,27H,10-19,21H2,1H3,(H,35,42)(H,33,34,36). The lowest BCUT2D eigenvalue weighted by atomic mass is 10.1. The normalized spacial score (nSPS) is 19.4. The summed E-state index contributed by atoms with van der Waals surface area (Å²) < 4.78 is 5.51. The van der Waals surface area contributed by atoms with Crippen LogP contribution in [0.1, 0.15) is 23.7 Å². The van der Waals surface area contributed by atoms with Gasteiger partial charge in [-0.25, -0.2) is 9.78 Å². The fraction of sp³-hybridized carbons (Fsp3) is 0.419. The largest absolute Gasteiger partial charge is 0.379 e. The summed E-state index contributed by atoms with van der Waals surface area (Å²) in [7, 11) is 0. The SMILES string of the molecule is CC(=O)c1ccc(NC(=O)N2CCN(c3nc(Nc4ccc(N5CCC(N6CCOCC6)C5)cc4)ncc3Cl)CC2)cc1. The zero-order chi connectivity index (χ0) is 29.8. The summed E-state index contributed by atoms with van der Waals surface area (Å²) in [4.78, 5) is 42.2. The minimum Gasteiger partial charge on any atom is -0.379 e. The van der Waals surface area contributed by atoms with E-state index >= 15 is 0 Å². The Morgan fingerprint density at radius 1 is 0.884 bits per heavy atom. The number of amides is 2. The molecular formula is C31H37ClN8O3. The van der Waals surface area contributed by atoms with E-state index in [1.54, 1.807) is 35.4 Å². The van der Waals surface area contributed by atoms with Crippen LogP contribution >= 0.6 is 11.6 Å². The fourth-order valence-corrected chi connectivity index (χ4v) is 6.06. The van der Waals surface area contributed by atoms with Crippen molar-refractivity contribution in [1.29, 1.82) is 0 Å². The molecule has 1 atom stereocenters. The van der Waals surface area contributed by atoms with Gasteiger partial charge >= 0.3 is 6.03 Å². The number of nitrogens with zero attached hydrogens (tertiary/aromatic N) is 6. The van der Waals surface area contributed by atoms with Crippen LogP contribution in [0.15, 0.2) is 54.7 Å². The molecule has 4 heterocycles. The van der Waals surface area contributed by atoms with Crippen LogP contribution in [-0.4, -0.2) is 103 Å². The maximum absolute atomic E-state index is 12.8. The Morgan fingerprint density at radius 2 is 1.58 bits per heavy atom. The number of ether oxygens (including phenoxy) is 1. The molecule has 3 aromatic rings. The number of rotatable bonds is 7. The topological polar surface area (TPSA) is 106 Å². The third kappa shape index (κ3) is 7.01. The number of Topliss-reactive ketones (excluding diaryl/α,β-unsaturated/α-hetero) is 1. The van der Waals surface area contributed by atoms with E-state index in [2.05, 4.69) is 54.6 Å². The summed E-state index contributed by atoms with van der Waals surface area (Å²) in [6.07, 6.45) is 2.79. The Labute approximate surface area is 256 Å². The molecule has 3 aliphatic rings. The molecule has 3 aliphatic heterocycles. The summed E-state index contributed by atoms with van der Waals surface area (Å²) in [6.45, 7) is 9.53. The second kappa shape index (κ2) is 13.2. The minimum absolute atomic E-state index is 0.0101. The van der Waals surface area contributed by atoms with E-state index in [0.29, 0.717) is 60.3 Å². The van der Waals surface area contributed by atoms with Gasteiger partial charge in [0.25, 0.3) is 0 Å². The number of nitrogens with one attached hydrogen (secondary N) is 2. The van der Waals surface area contributed by atoms with E-state index in [1.807, 2.05) is 0 Å². The molecule has 0 saturated carbocycles. The van der Waals surface area contributed by atoms with Crippen LogP contribution in [0.3, 0.4) is 0 Å². The summed E-state index contributed by atoms with van der Waals surface area (Å²) in [5.41, 5.74) is 3.38. The van der Waals surface area contributed by atoms with Crippen molar-refractivity contribution in [3.63, 3.8) is 0 Å². The smallest absolute Gasteiger partial charge is 0.321 e. The van der Waals surface area contributed by atoms with E-state index in [9.17, 15) is 9.59 Å². The van der Waals surface area contributed by atoms with Gasteiger partial charge in [0.15, 0.2) is 11.6 Å². The predicted octanol–water partition coefficient (Wildman–Crippen LogP) is 4.34. The molecule has 43 heavy (non-hydrogen) atoms. The Balaban J connectivity index is 1.02. The maximum atomic E-state index is 12.8. The molecule has 0 aliphatic carbocycles. The fourth-order valence-electron chi connectivity index (χ4n) is 5.85. The first-order chi connectivity index (χ1) is 20.9. The van der Waals surface area contributed by atoms with Crippen LogP contribution in [-0.2, 0) is 4.74 Å². The van der Waals surface area contributed by atoms with Crippen LogP contribution in [0.25, 0.3) is 0 Å². The molecule has 6 rings (SSSR count). The van der Waals surface area contributed by atoms with Gasteiger partial charge in [-0.05, 0) is 61.9 Å². The molecule has 3 saturated heterocycles. The van der Waals surface area contributed by atoms with Crippen molar-refractivity contribution in [1.82, 2.24) is 19.8 Å². The highest BCUT2D eigenvalue weighted by Crippen LogP contribution is 2.28. The molecule has 0 bridgehead atoms. The first-order valence-electron chi connectivity index (χ1n) is 14.8. The lowest BCUT2D eigenvalue weighted by molar-refractivity contribution is 0.0209. The van der Waals surface area contributed by atoms with Crippen molar-refractivity contribution in [2.45, 2.75) is 19.4 Å². The van der Waals surface area contributed by atoms with E-state index in [-0.39, 0.29) is 11.8 Å². The highest BCUT2D eigenvalue weighted by atomic mass is 35.5. The first kappa shape index (κ1) is 29.2. The molecule has 11 nitrogen and oxygen atoms in total. The molecule has 226 valence electrons. The zero-order valence-corrected chi connectivity index (χ0v) is 25.1. The molecule has 0 radical (unpaired) electrons. The quantitative estimate of drug-likeness (QED) is 0.381. The number of piperazine rings is 1. The van der Waals surface area contributed by atoms with Gasteiger partial charge in [-0.3, -0.25) is 9.69 Å². The Morgan fingerprint density at radius 3 is 2.28 bits per heavy atom. The van der Waals surface area contributed by atoms with Crippen LogP contribution in [0, 0.1) is 0 Å². The van der Waals surface area contributed by atoms with Crippen molar-refractivity contribution >= 4 is 52.2 Å². The summed E-state index contributed by atoms with van der Waals surface area (Å²) in [6, 6.07) is 15.7. The Bertz CT molecular complexity index is 1420. The van der Waals surface area contributed by atoms with Gasteiger partial charge in [-0.1, -0.05) is 11.6 Å². The Kier molecular flexibility index (Phi) is 8.92. The third-order valence-corrected chi connectivity index (χ3v) is 8.62. The second-order valence-electron chi connectivity index (χ2n) is 11.1. The molecule has 0 spiro atoms. The number of halogens is 1. The van der Waals surface area contributed by atoms with Crippen molar-refractivity contribution in [2.24, 2.45) is 0 Å². The van der Waals surface area contributed by atoms with Crippen LogP contribution in [0.5, 0.6) is 0 Å². The van der Waals surface area contributed by atoms with Crippen LogP contribution in [0.4, 0.5) is 33.6 Å². The zero-order valence-electron chi connectivity index (χ0n) is 24.3. The van der Waals surface area contributed by atoms with Gasteiger partial charge in [-0.15, -0.1) is 0 Å². The van der Waals surface area contributed by atoms with E-state index in [4.69, 9.17) is 21.3 Å². The van der Waals surface area contributed by atoms with Crippen molar-refractivity contribution in [3.8, 4) is 0 Å². The molecule has 1 unspecified atom stereocenters. The lowest BCUT2D eigenvalue weighted by Crippen LogP contribution is -2.50. The number of morpholine rings is 1.